The van der Waals surface area contributed by atoms with E-state index in [1.807, 2.05) is 13.8 Å². The zero-order chi connectivity index (χ0) is 20.9. The number of likely N-dealkylation sites (tertiary alicyclic amines) is 1. The normalized spacial score (nSPS) is 23.2. The highest BCUT2D eigenvalue weighted by Crippen LogP contribution is 2.20. The third kappa shape index (κ3) is 11.3. The molecule has 0 radical (unpaired) electrons. The topological polar surface area (TPSA) is 61.4 Å². The first-order chi connectivity index (χ1) is 13.3. The number of hydrogen-bond donors (Lipinski definition) is 2. The van der Waals surface area contributed by atoms with Gasteiger partial charge in [0, 0.05) is 43.9 Å². The van der Waals surface area contributed by atoms with Gasteiger partial charge >= 0.3 is 0 Å². The van der Waals surface area contributed by atoms with Gasteiger partial charge in [-0.1, -0.05) is 39.3 Å². The summed E-state index contributed by atoms with van der Waals surface area (Å²) in [5.74, 6) is 1.67. The van der Waals surface area contributed by atoms with Gasteiger partial charge in [-0.3, -0.25) is 9.69 Å². The van der Waals surface area contributed by atoms with Crippen LogP contribution < -0.4 is 10.0 Å². The van der Waals surface area contributed by atoms with Crippen LogP contribution in [0, 0.1) is 11.8 Å². The van der Waals surface area contributed by atoms with Gasteiger partial charge in [-0.2, -0.15) is 0 Å². The van der Waals surface area contributed by atoms with Crippen LogP contribution in [-0.4, -0.2) is 52.5 Å². The lowest BCUT2D eigenvalue weighted by Crippen LogP contribution is -2.39. The fraction of sp³-hybridized carbons (Fsp3) is 0.864. The smallest absolute Gasteiger partial charge is 0.220 e. The van der Waals surface area contributed by atoms with E-state index < -0.39 is 11.0 Å². The number of carbonyl (C=O) groups excluding carboxylic acids is 1. The van der Waals surface area contributed by atoms with Crippen LogP contribution in [0.3, 0.4) is 0 Å². The standard InChI is InChI=1S/C22H43N3O2S/c1-6-10-21(11-9-14-25-16-19(4)15-20(5)17-25)24-22(26)12-7-8-13-23-28(27)18(2)3/h9,11,18-21,23H,6-8,10,12-17H2,1-5H3,(H,24,26)/b11-9-/t19-,20?,21?,28?/m0/s1. The summed E-state index contributed by atoms with van der Waals surface area (Å²) in [6.07, 6.45) is 9.99. The van der Waals surface area contributed by atoms with Gasteiger partial charge in [-0.05, 0) is 51.4 Å². The fourth-order valence-electron chi connectivity index (χ4n) is 3.87. The van der Waals surface area contributed by atoms with Crippen molar-refractivity contribution in [3.05, 3.63) is 12.2 Å². The predicted molar refractivity (Wildman–Crippen MR) is 120 cm³/mol. The Bertz CT molecular complexity index is 486. The Labute approximate surface area is 175 Å². The van der Waals surface area contributed by atoms with E-state index >= 15 is 0 Å². The minimum Gasteiger partial charge on any atom is -0.350 e. The van der Waals surface area contributed by atoms with Gasteiger partial charge < -0.3 is 5.32 Å². The summed E-state index contributed by atoms with van der Waals surface area (Å²) >= 11 is 0. The maximum atomic E-state index is 12.2. The molecule has 4 atom stereocenters. The van der Waals surface area contributed by atoms with Crippen LogP contribution in [0.1, 0.15) is 73.1 Å². The molecule has 1 amide bonds. The van der Waals surface area contributed by atoms with Gasteiger partial charge in [-0.25, -0.2) is 8.93 Å². The monoisotopic (exact) mass is 413 g/mol. The van der Waals surface area contributed by atoms with Gasteiger partial charge in [0.15, 0.2) is 0 Å². The molecule has 0 bridgehead atoms. The van der Waals surface area contributed by atoms with Crippen LogP contribution in [0.15, 0.2) is 12.2 Å². The Morgan fingerprint density at radius 3 is 2.50 bits per heavy atom. The summed E-state index contributed by atoms with van der Waals surface area (Å²) < 4.78 is 14.6. The number of carbonyl (C=O) groups is 1. The number of rotatable bonds is 13. The number of piperidine rings is 1. The van der Waals surface area contributed by atoms with Crippen molar-refractivity contribution in [1.29, 1.82) is 0 Å². The SMILES string of the molecule is CCCC(/C=C\CN1CC(C)C[C@H](C)C1)NC(=O)CCCCNS(=O)C(C)C. The molecule has 1 rings (SSSR count). The number of hydrogen-bond acceptors (Lipinski definition) is 3. The number of unbranched alkanes of at least 4 members (excludes halogenated alkanes) is 1. The summed E-state index contributed by atoms with van der Waals surface area (Å²) in [4.78, 5) is 14.8. The third-order valence-electron chi connectivity index (χ3n) is 5.13. The molecule has 0 saturated carbocycles. The minimum absolute atomic E-state index is 0.119. The largest absolute Gasteiger partial charge is 0.350 e. The average molecular weight is 414 g/mol. The average Bonchev–Trinajstić information content (AvgIpc) is 2.60. The van der Waals surface area contributed by atoms with Crippen molar-refractivity contribution in [2.45, 2.75) is 84.4 Å². The molecule has 1 fully saturated rings. The van der Waals surface area contributed by atoms with Crippen LogP contribution >= 0.6 is 0 Å². The van der Waals surface area contributed by atoms with Crippen LogP contribution in [0.5, 0.6) is 0 Å². The van der Waals surface area contributed by atoms with Crippen LogP contribution in [0.25, 0.3) is 0 Å². The highest BCUT2D eigenvalue weighted by molar-refractivity contribution is 7.83. The molecule has 1 saturated heterocycles. The van der Waals surface area contributed by atoms with Crippen LogP contribution in [0.4, 0.5) is 0 Å². The van der Waals surface area contributed by atoms with E-state index in [2.05, 4.69) is 47.9 Å². The van der Waals surface area contributed by atoms with Crippen molar-refractivity contribution >= 4 is 16.9 Å². The van der Waals surface area contributed by atoms with Crippen molar-refractivity contribution in [2.75, 3.05) is 26.2 Å². The second-order valence-electron chi connectivity index (χ2n) is 8.75. The quantitative estimate of drug-likeness (QED) is 0.358. The van der Waals surface area contributed by atoms with E-state index in [0.29, 0.717) is 13.0 Å². The molecule has 2 N–H and O–H groups in total. The van der Waals surface area contributed by atoms with Crippen LogP contribution in [0.2, 0.25) is 0 Å². The summed E-state index contributed by atoms with van der Waals surface area (Å²) in [5.41, 5.74) is 0. The number of nitrogens with zero attached hydrogens (tertiary/aromatic N) is 1. The Morgan fingerprint density at radius 1 is 1.21 bits per heavy atom. The first-order valence-electron chi connectivity index (χ1n) is 11.1. The van der Waals surface area contributed by atoms with Crippen molar-refractivity contribution in [2.24, 2.45) is 11.8 Å². The van der Waals surface area contributed by atoms with Gasteiger partial charge in [0.1, 0.15) is 0 Å². The van der Waals surface area contributed by atoms with E-state index in [9.17, 15) is 9.00 Å². The van der Waals surface area contributed by atoms with E-state index in [4.69, 9.17) is 0 Å². The van der Waals surface area contributed by atoms with E-state index in [-0.39, 0.29) is 17.2 Å². The molecule has 1 aliphatic rings. The lowest BCUT2D eigenvalue weighted by atomic mass is 9.92. The van der Waals surface area contributed by atoms with E-state index in [1.165, 1.54) is 19.5 Å². The minimum atomic E-state index is -0.972. The molecule has 164 valence electrons. The predicted octanol–water partition coefficient (Wildman–Crippen LogP) is 3.64. The highest BCUT2D eigenvalue weighted by Gasteiger charge is 2.20. The summed E-state index contributed by atoms with van der Waals surface area (Å²) in [5, 5.41) is 3.29. The molecule has 28 heavy (non-hydrogen) atoms. The lowest BCUT2D eigenvalue weighted by Gasteiger charge is -2.34. The molecule has 3 unspecified atom stereocenters. The molecule has 0 aromatic rings. The van der Waals surface area contributed by atoms with Crippen molar-refractivity contribution < 1.29 is 9.00 Å². The van der Waals surface area contributed by atoms with Gasteiger partial charge in [0.05, 0.1) is 11.0 Å². The molecule has 5 nitrogen and oxygen atoms in total. The lowest BCUT2D eigenvalue weighted by molar-refractivity contribution is -0.121. The second kappa shape index (κ2) is 14.3. The van der Waals surface area contributed by atoms with Gasteiger partial charge in [0.2, 0.25) is 5.91 Å². The molecule has 6 heteroatoms. The molecule has 0 spiro atoms. The van der Waals surface area contributed by atoms with Crippen molar-refractivity contribution in [3.63, 3.8) is 0 Å². The first kappa shape index (κ1) is 25.3. The van der Waals surface area contributed by atoms with Crippen LogP contribution in [-0.2, 0) is 15.8 Å². The third-order valence-corrected chi connectivity index (χ3v) is 6.47. The zero-order valence-corrected chi connectivity index (χ0v) is 19.5. The van der Waals surface area contributed by atoms with Crippen molar-refractivity contribution in [3.8, 4) is 0 Å². The molecule has 0 aliphatic carbocycles. The zero-order valence-electron chi connectivity index (χ0n) is 18.7. The first-order valence-corrected chi connectivity index (χ1v) is 12.4. The van der Waals surface area contributed by atoms with Gasteiger partial charge in [0.25, 0.3) is 0 Å². The van der Waals surface area contributed by atoms with Crippen molar-refractivity contribution in [1.82, 2.24) is 14.9 Å². The maximum absolute atomic E-state index is 12.2. The molecule has 1 aliphatic heterocycles. The highest BCUT2D eigenvalue weighted by atomic mass is 32.2. The molecule has 1 heterocycles. The fourth-order valence-corrected chi connectivity index (χ4v) is 4.55. The Morgan fingerprint density at radius 2 is 1.89 bits per heavy atom. The summed E-state index contributed by atoms with van der Waals surface area (Å²) in [6.45, 7) is 14.7. The second-order valence-corrected chi connectivity index (χ2v) is 10.6. The Balaban J connectivity index is 2.28. The van der Waals surface area contributed by atoms with E-state index in [0.717, 1.165) is 44.1 Å². The molecule has 0 aromatic heterocycles. The number of amides is 1. The maximum Gasteiger partial charge on any atom is 0.220 e. The molecular weight excluding hydrogens is 370 g/mol. The van der Waals surface area contributed by atoms with E-state index in [1.54, 1.807) is 0 Å². The number of nitrogens with one attached hydrogen (secondary N) is 2. The molecular formula is C22H43N3O2S. The molecule has 0 aromatic carbocycles. The van der Waals surface area contributed by atoms with Gasteiger partial charge in [-0.15, -0.1) is 0 Å². The summed E-state index contributed by atoms with van der Waals surface area (Å²) in [6, 6.07) is 0.128. The Kier molecular flexibility index (Phi) is 12.9. The Hall–Kier alpha value is -0.720. The summed E-state index contributed by atoms with van der Waals surface area (Å²) in [7, 11) is -0.972.